The minimum absolute atomic E-state index is 0. The van der Waals surface area contributed by atoms with E-state index in [1.54, 1.807) is 0 Å². The number of likely N-dealkylation sites (tertiary alicyclic amines) is 1. The minimum Gasteiger partial charge on any atom is -0.353 e. The number of piperidine rings is 1. The predicted molar refractivity (Wildman–Crippen MR) is 91.2 cm³/mol. The third kappa shape index (κ3) is 4.00. The van der Waals surface area contributed by atoms with Crippen molar-refractivity contribution in [3.05, 3.63) is 35.9 Å². The molecule has 1 amide bonds. The molecule has 1 atom stereocenters. The Balaban J connectivity index is 0.00000176. The highest BCUT2D eigenvalue weighted by Gasteiger charge is 2.29. The van der Waals surface area contributed by atoms with Gasteiger partial charge in [0.15, 0.2) is 0 Å². The summed E-state index contributed by atoms with van der Waals surface area (Å²) in [6.45, 7) is 6.08. The SMILES string of the molecule is CC(c1ccccc1)N1CCC(NC(=O)C2CNC2)CC1.Cl. The number of hydrogen-bond donors (Lipinski definition) is 2. The van der Waals surface area contributed by atoms with Gasteiger partial charge in [0.1, 0.15) is 0 Å². The maximum Gasteiger partial charge on any atom is 0.225 e. The van der Waals surface area contributed by atoms with Gasteiger partial charge in [-0.1, -0.05) is 30.3 Å². The quantitative estimate of drug-likeness (QED) is 0.890. The average molecular weight is 324 g/mol. The number of carbonyl (C=O) groups excluding carboxylic acids is 1. The zero-order valence-electron chi connectivity index (χ0n) is 13.1. The predicted octanol–water partition coefficient (Wildman–Crippen LogP) is 1.97. The topological polar surface area (TPSA) is 44.4 Å². The lowest BCUT2D eigenvalue weighted by molar-refractivity contribution is -0.127. The number of hydrogen-bond acceptors (Lipinski definition) is 3. The fraction of sp³-hybridized carbons (Fsp3) is 0.588. The largest absolute Gasteiger partial charge is 0.353 e. The number of benzene rings is 1. The van der Waals surface area contributed by atoms with Crippen molar-refractivity contribution in [2.75, 3.05) is 26.2 Å². The van der Waals surface area contributed by atoms with Gasteiger partial charge in [0, 0.05) is 38.3 Å². The number of carbonyl (C=O) groups is 1. The van der Waals surface area contributed by atoms with Crippen molar-refractivity contribution in [2.24, 2.45) is 5.92 Å². The Labute approximate surface area is 139 Å². The lowest BCUT2D eigenvalue weighted by Crippen LogP contribution is -2.54. The molecule has 1 aromatic carbocycles. The lowest BCUT2D eigenvalue weighted by Gasteiger charge is -2.37. The summed E-state index contributed by atoms with van der Waals surface area (Å²) < 4.78 is 0. The lowest BCUT2D eigenvalue weighted by atomic mass is 9.98. The molecule has 0 spiro atoms. The van der Waals surface area contributed by atoms with Gasteiger partial charge in [-0.3, -0.25) is 9.69 Å². The molecule has 0 bridgehead atoms. The smallest absolute Gasteiger partial charge is 0.225 e. The van der Waals surface area contributed by atoms with Crippen LogP contribution in [0.2, 0.25) is 0 Å². The van der Waals surface area contributed by atoms with Crippen LogP contribution in [0.1, 0.15) is 31.4 Å². The van der Waals surface area contributed by atoms with E-state index in [4.69, 9.17) is 0 Å². The van der Waals surface area contributed by atoms with Crippen LogP contribution in [0, 0.1) is 5.92 Å². The van der Waals surface area contributed by atoms with Crippen LogP contribution in [-0.2, 0) is 4.79 Å². The first-order chi connectivity index (χ1) is 10.2. The van der Waals surface area contributed by atoms with E-state index >= 15 is 0 Å². The second-order valence-electron chi connectivity index (χ2n) is 6.26. The van der Waals surface area contributed by atoms with Gasteiger partial charge in [-0.05, 0) is 25.3 Å². The number of nitrogens with one attached hydrogen (secondary N) is 2. The van der Waals surface area contributed by atoms with E-state index < -0.39 is 0 Å². The van der Waals surface area contributed by atoms with Crippen molar-refractivity contribution in [2.45, 2.75) is 31.8 Å². The molecule has 2 fully saturated rings. The molecule has 3 rings (SSSR count). The summed E-state index contributed by atoms with van der Waals surface area (Å²) in [5, 5.41) is 6.36. The van der Waals surface area contributed by atoms with E-state index in [9.17, 15) is 4.79 Å². The van der Waals surface area contributed by atoms with E-state index in [1.807, 2.05) is 0 Å². The van der Waals surface area contributed by atoms with Gasteiger partial charge in [0.05, 0.1) is 5.92 Å². The molecule has 2 aliphatic heterocycles. The van der Waals surface area contributed by atoms with Crippen molar-refractivity contribution < 1.29 is 4.79 Å². The van der Waals surface area contributed by atoms with Gasteiger partial charge in [-0.15, -0.1) is 12.4 Å². The molecule has 0 radical (unpaired) electrons. The number of nitrogens with zero attached hydrogens (tertiary/aromatic N) is 1. The van der Waals surface area contributed by atoms with Crippen LogP contribution in [0.5, 0.6) is 0 Å². The molecule has 0 aliphatic carbocycles. The van der Waals surface area contributed by atoms with E-state index in [2.05, 4.69) is 52.8 Å². The second kappa shape index (κ2) is 7.95. The highest BCUT2D eigenvalue weighted by Crippen LogP contribution is 2.24. The Morgan fingerprint density at radius 3 is 2.41 bits per heavy atom. The standard InChI is InChI=1S/C17H25N3O.ClH/c1-13(14-5-3-2-4-6-14)20-9-7-16(8-10-20)19-17(21)15-11-18-12-15;/h2-6,13,15-16,18H,7-12H2,1H3,(H,19,21);1H. The molecule has 2 N–H and O–H groups in total. The summed E-state index contributed by atoms with van der Waals surface area (Å²) >= 11 is 0. The van der Waals surface area contributed by atoms with E-state index in [0.29, 0.717) is 12.1 Å². The molecule has 122 valence electrons. The van der Waals surface area contributed by atoms with Crippen molar-refractivity contribution in [1.29, 1.82) is 0 Å². The van der Waals surface area contributed by atoms with Gasteiger partial charge < -0.3 is 10.6 Å². The van der Waals surface area contributed by atoms with Crippen LogP contribution in [0.25, 0.3) is 0 Å². The normalized spacial score (nSPS) is 21.5. The van der Waals surface area contributed by atoms with Crippen LogP contribution in [-0.4, -0.2) is 43.0 Å². The Kier molecular flexibility index (Phi) is 6.24. The van der Waals surface area contributed by atoms with E-state index in [0.717, 1.165) is 39.0 Å². The molecule has 2 heterocycles. The highest BCUT2D eigenvalue weighted by molar-refractivity contribution is 5.85. The molecule has 0 aromatic heterocycles. The van der Waals surface area contributed by atoms with Crippen LogP contribution in [0.4, 0.5) is 0 Å². The summed E-state index contributed by atoms with van der Waals surface area (Å²) in [5.74, 6) is 0.439. The second-order valence-corrected chi connectivity index (χ2v) is 6.26. The monoisotopic (exact) mass is 323 g/mol. The van der Waals surface area contributed by atoms with Crippen LogP contribution in [0.15, 0.2) is 30.3 Å². The Bertz CT molecular complexity index is 470. The maximum absolute atomic E-state index is 12.0. The van der Waals surface area contributed by atoms with Gasteiger partial charge in [0.25, 0.3) is 0 Å². The molecule has 2 saturated heterocycles. The molecular formula is C17H26ClN3O. The van der Waals surface area contributed by atoms with Crippen molar-refractivity contribution in [3.8, 4) is 0 Å². The first-order valence-corrected chi connectivity index (χ1v) is 8.04. The molecule has 22 heavy (non-hydrogen) atoms. The van der Waals surface area contributed by atoms with Crippen molar-refractivity contribution >= 4 is 18.3 Å². The number of halogens is 1. The third-order valence-electron chi connectivity index (χ3n) is 4.86. The zero-order chi connectivity index (χ0) is 14.7. The van der Waals surface area contributed by atoms with Crippen molar-refractivity contribution in [3.63, 3.8) is 0 Å². The molecule has 2 aliphatic rings. The first kappa shape index (κ1) is 17.3. The van der Waals surface area contributed by atoms with Crippen molar-refractivity contribution in [1.82, 2.24) is 15.5 Å². The van der Waals surface area contributed by atoms with E-state index in [-0.39, 0.29) is 24.2 Å². The van der Waals surface area contributed by atoms with Crippen LogP contribution < -0.4 is 10.6 Å². The molecular weight excluding hydrogens is 298 g/mol. The maximum atomic E-state index is 12.0. The molecule has 0 saturated carbocycles. The summed E-state index contributed by atoms with van der Waals surface area (Å²) in [4.78, 5) is 14.5. The number of rotatable bonds is 4. The van der Waals surface area contributed by atoms with Crippen LogP contribution >= 0.6 is 12.4 Å². The first-order valence-electron chi connectivity index (χ1n) is 8.04. The number of amides is 1. The fourth-order valence-electron chi connectivity index (χ4n) is 3.17. The summed E-state index contributed by atoms with van der Waals surface area (Å²) in [7, 11) is 0. The van der Waals surface area contributed by atoms with Gasteiger partial charge in [0.2, 0.25) is 5.91 Å². The minimum atomic E-state index is 0. The Morgan fingerprint density at radius 2 is 1.86 bits per heavy atom. The Hall–Kier alpha value is -1.10. The van der Waals surface area contributed by atoms with Gasteiger partial charge in [-0.25, -0.2) is 0 Å². The molecule has 1 aromatic rings. The highest BCUT2D eigenvalue weighted by atomic mass is 35.5. The summed E-state index contributed by atoms with van der Waals surface area (Å²) in [6.07, 6.45) is 2.12. The van der Waals surface area contributed by atoms with Crippen LogP contribution in [0.3, 0.4) is 0 Å². The summed E-state index contributed by atoms with van der Waals surface area (Å²) in [5.41, 5.74) is 1.38. The van der Waals surface area contributed by atoms with E-state index in [1.165, 1.54) is 5.56 Å². The summed E-state index contributed by atoms with van der Waals surface area (Å²) in [6, 6.07) is 11.5. The molecule has 4 nitrogen and oxygen atoms in total. The molecule has 1 unspecified atom stereocenters. The fourth-order valence-corrected chi connectivity index (χ4v) is 3.17. The third-order valence-corrected chi connectivity index (χ3v) is 4.86. The Morgan fingerprint density at radius 1 is 1.23 bits per heavy atom. The van der Waals surface area contributed by atoms with Gasteiger partial charge in [-0.2, -0.15) is 0 Å². The average Bonchev–Trinajstić information content (AvgIpc) is 2.46. The zero-order valence-corrected chi connectivity index (χ0v) is 13.9. The van der Waals surface area contributed by atoms with Gasteiger partial charge >= 0.3 is 0 Å². The molecule has 5 heteroatoms.